The van der Waals surface area contributed by atoms with Gasteiger partial charge in [0.1, 0.15) is 0 Å². The second-order valence-electron chi connectivity index (χ2n) is 7.61. The third-order valence-electron chi connectivity index (χ3n) is 5.63. The van der Waals surface area contributed by atoms with Gasteiger partial charge in [0.2, 0.25) is 0 Å². The lowest BCUT2D eigenvalue weighted by Crippen LogP contribution is -2.39. The highest BCUT2D eigenvalue weighted by Crippen LogP contribution is 2.27. The number of carbonyl (C=O) groups is 2. The Morgan fingerprint density at radius 3 is 2.38 bits per heavy atom. The number of carboxylic acids is 1. The number of nitro groups is 1. The highest BCUT2D eigenvalue weighted by molar-refractivity contribution is 5.96. The van der Waals surface area contributed by atoms with Crippen molar-refractivity contribution in [2.75, 3.05) is 13.1 Å². The Bertz CT molecular complexity index is 962. The summed E-state index contributed by atoms with van der Waals surface area (Å²) in [6.45, 7) is 4.57. The van der Waals surface area contributed by atoms with E-state index in [9.17, 15) is 24.8 Å². The molecule has 0 spiro atoms. The second-order valence-corrected chi connectivity index (χ2v) is 7.61. The van der Waals surface area contributed by atoms with Gasteiger partial charge in [-0.25, -0.2) is 4.79 Å². The summed E-state index contributed by atoms with van der Waals surface area (Å²) in [7, 11) is 0. The van der Waals surface area contributed by atoms with Crippen LogP contribution in [0.2, 0.25) is 0 Å². The molecule has 0 radical (unpaired) electrons. The van der Waals surface area contributed by atoms with Gasteiger partial charge in [-0.1, -0.05) is 18.2 Å². The summed E-state index contributed by atoms with van der Waals surface area (Å²) in [5.41, 5.74) is 2.75. The molecule has 1 aliphatic rings. The highest BCUT2D eigenvalue weighted by atomic mass is 16.6. The minimum absolute atomic E-state index is 0.0425. The summed E-state index contributed by atoms with van der Waals surface area (Å²) in [5.74, 6) is -0.812. The Morgan fingerprint density at radius 1 is 1.10 bits per heavy atom. The van der Waals surface area contributed by atoms with Crippen LogP contribution in [0, 0.1) is 29.9 Å². The number of rotatable bonds is 5. The van der Waals surface area contributed by atoms with Crippen LogP contribution in [0.1, 0.15) is 50.2 Å². The largest absolute Gasteiger partial charge is 0.478 e. The van der Waals surface area contributed by atoms with Gasteiger partial charge in [-0.05, 0) is 62.3 Å². The highest BCUT2D eigenvalue weighted by Gasteiger charge is 2.27. The molecule has 2 aromatic carbocycles. The molecule has 0 aromatic heterocycles. The van der Waals surface area contributed by atoms with Crippen molar-refractivity contribution in [2.24, 2.45) is 5.92 Å². The lowest BCUT2D eigenvalue weighted by Gasteiger charge is -2.32. The Kier molecular flexibility index (Phi) is 5.96. The molecule has 2 aromatic rings. The van der Waals surface area contributed by atoms with Crippen LogP contribution in [0.3, 0.4) is 0 Å². The number of nitrogens with zero attached hydrogens (tertiary/aromatic N) is 2. The molecule has 0 saturated carbocycles. The molecule has 7 nitrogen and oxygen atoms in total. The number of piperidine rings is 1. The van der Waals surface area contributed by atoms with Gasteiger partial charge in [-0.2, -0.15) is 0 Å². The quantitative estimate of drug-likeness (QED) is 0.608. The van der Waals surface area contributed by atoms with Crippen LogP contribution in [0.15, 0.2) is 36.4 Å². The summed E-state index contributed by atoms with van der Waals surface area (Å²) in [4.78, 5) is 36.8. The number of hydrogen-bond acceptors (Lipinski definition) is 4. The van der Waals surface area contributed by atoms with Gasteiger partial charge in [0, 0.05) is 30.3 Å². The standard InChI is InChI=1S/C22H24N2O5/c1-14-11-15(2)20(24(28)29)13-19(14)21(25)23-9-7-16(8-10-23)12-17-5-3-4-6-18(17)22(26)27/h3-6,11,13,16H,7-10,12H2,1-2H3,(H,26,27). The first-order valence-electron chi connectivity index (χ1n) is 9.64. The molecule has 1 N–H and O–H groups in total. The van der Waals surface area contributed by atoms with Crippen LogP contribution < -0.4 is 0 Å². The molecule has 1 fully saturated rings. The lowest BCUT2D eigenvalue weighted by atomic mass is 9.88. The number of hydrogen-bond donors (Lipinski definition) is 1. The average molecular weight is 396 g/mol. The van der Waals surface area contributed by atoms with Crippen molar-refractivity contribution in [3.05, 3.63) is 74.3 Å². The fourth-order valence-electron chi connectivity index (χ4n) is 4.00. The lowest BCUT2D eigenvalue weighted by molar-refractivity contribution is -0.385. The Balaban J connectivity index is 1.69. The fraction of sp³-hybridized carbons (Fsp3) is 0.364. The van der Waals surface area contributed by atoms with Crippen LogP contribution in [-0.2, 0) is 6.42 Å². The summed E-state index contributed by atoms with van der Waals surface area (Å²) >= 11 is 0. The van der Waals surface area contributed by atoms with E-state index in [0.717, 1.165) is 24.0 Å². The first-order valence-corrected chi connectivity index (χ1v) is 9.64. The van der Waals surface area contributed by atoms with Crippen molar-refractivity contribution in [1.82, 2.24) is 4.90 Å². The van der Waals surface area contributed by atoms with Gasteiger partial charge in [0.25, 0.3) is 11.6 Å². The number of carboxylic acid groups (broad SMARTS) is 1. The SMILES string of the molecule is Cc1cc(C)c([N+](=O)[O-])cc1C(=O)N1CCC(Cc2ccccc2C(=O)O)CC1. The van der Waals surface area contributed by atoms with Crippen molar-refractivity contribution in [3.63, 3.8) is 0 Å². The molecule has 0 unspecified atom stereocenters. The van der Waals surface area contributed by atoms with Crippen molar-refractivity contribution in [3.8, 4) is 0 Å². The summed E-state index contributed by atoms with van der Waals surface area (Å²) in [6.07, 6.45) is 2.21. The smallest absolute Gasteiger partial charge is 0.335 e. The zero-order valence-electron chi connectivity index (χ0n) is 16.6. The number of aromatic carboxylic acids is 1. The maximum absolute atomic E-state index is 12.9. The number of carbonyl (C=O) groups excluding carboxylic acids is 1. The number of likely N-dealkylation sites (tertiary alicyclic amines) is 1. The Labute approximate surface area is 169 Å². The number of amides is 1. The average Bonchev–Trinajstić information content (AvgIpc) is 2.68. The molecule has 1 saturated heterocycles. The van der Waals surface area contributed by atoms with Crippen molar-refractivity contribution >= 4 is 17.6 Å². The molecule has 1 aliphatic heterocycles. The molecule has 152 valence electrons. The molecule has 0 aliphatic carbocycles. The summed E-state index contributed by atoms with van der Waals surface area (Å²) < 4.78 is 0. The molecule has 0 bridgehead atoms. The molecular weight excluding hydrogens is 372 g/mol. The molecule has 1 heterocycles. The Hall–Kier alpha value is -3.22. The third-order valence-corrected chi connectivity index (χ3v) is 5.63. The number of nitro benzene ring substituents is 1. The van der Waals surface area contributed by atoms with Crippen molar-refractivity contribution in [1.29, 1.82) is 0 Å². The maximum atomic E-state index is 12.9. The van der Waals surface area contributed by atoms with E-state index in [1.54, 1.807) is 36.9 Å². The van der Waals surface area contributed by atoms with E-state index in [2.05, 4.69) is 0 Å². The van der Waals surface area contributed by atoms with Crippen LogP contribution in [-0.4, -0.2) is 39.9 Å². The van der Waals surface area contributed by atoms with Crippen molar-refractivity contribution in [2.45, 2.75) is 33.1 Å². The first-order chi connectivity index (χ1) is 13.8. The molecule has 3 rings (SSSR count). The fourth-order valence-corrected chi connectivity index (χ4v) is 4.00. The van der Waals surface area contributed by atoms with Gasteiger partial charge in [0.05, 0.1) is 10.5 Å². The van der Waals surface area contributed by atoms with E-state index in [1.165, 1.54) is 6.07 Å². The minimum Gasteiger partial charge on any atom is -0.478 e. The van der Waals surface area contributed by atoms with E-state index in [1.807, 2.05) is 12.1 Å². The van der Waals surface area contributed by atoms with Gasteiger partial charge < -0.3 is 10.0 Å². The van der Waals surface area contributed by atoms with E-state index in [-0.39, 0.29) is 11.6 Å². The Morgan fingerprint density at radius 2 is 1.76 bits per heavy atom. The molecule has 0 atom stereocenters. The number of aryl methyl sites for hydroxylation is 2. The van der Waals surface area contributed by atoms with Crippen molar-refractivity contribution < 1.29 is 19.6 Å². The monoisotopic (exact) mass is 396 g/mol. The zero-order valence-corrected chi connectivity index (χ0v) is 16.6. The van der Waals surface area contributed by atoms with Gasteiger partial charge in [-0.3, -0.25) is 14.9 Å². The maximum Gasteiger partial charge on any atom is 0.335 e. The van der Waals surface area contributed by atoms with Crippen LogP contribution >= 0.6 is 0 Å². The number of benzene rings is 2. The van der Waals surface area contributed by atoms with E-state index >= 15 is 0 Å². The predicted molar refractivity (Wildman–Crippen MR) is 108 cm³/mol. The topological polar surface area (TPSA) is 101 Å². The van der Waals surface area contributed by atoms with E-state index < -0.39 is 10.9 Å². The van der Waals surface area contributed by atoms with Crippen LogP contribution in [0.4, 0.5) is 5.69 Å². The molecular formula is C22H24N2O5. The van der Waals surface area contributed by atoms with E-state index in [4.69, 9.17) is 0 Å². The summed E-state index contributed by atoms with van der Waals surface area (Å²) in [5, 5.41) is 20.6. The van der Waals surface area contributed by atoms with Gasteiger partial charge >= 0.3 is 5.97 Å². The normalized spacial score (nSPS) is 14.6. The molecule has 29 heavy (non-hydrogen) atoms. The molecule has 1 amide bonds. The predicted octanol–water partition coefficient (Wildman–Crippen LogP) is 4.00. The van der Waals surface area contributed by atoms with E-state index in [0.29, 0.717) is 42.1 Å². The molecule has 7 heteroatoms. The van der Waals surface area contributed by atoms with Crippen LogP contribution in [0.25, 0.3) is 0 Å². The first kappa shape index (κ1) is 20.5. The summed E-state index contributed by atoms with van der Waals surface area (Å²) in [6, 6.07) is 10.1. The van der Waals surface area contributed by atoms with Crippen LogP contribution in [0.5, 0.6) is 0 Å². The second kappa shape index (κ2) is 8.43. The van der Waals surface area contributed by atoms with Gasteiger partial charge in [-0.15, -0.1) is 0 Å². The minimum atomic E-state index is -0.926. The van der Waals surface area contributed by atoms with Gasteiger partial charge in [0.15, 0.2) is 0 Å². The third kappa shape index (κ3) is 4.45. The zero-order chi connectivity index (χ0) is 21.1.